The second kappa shape index (κ2) is 11.6. The van der Waals surface area contributed by atoms with E-state index >= 15 is 0 Å². The number of carbonyl (C=O) groups is 2. The van der Waals surface area contributed by atoms with Gasteiger partial charge < -0.3 is 20.5 Å². The highest BCUT2D eigenvalue weighted by Gasteiger charge is 2.24. The van der Waals surface area contributed by atoms with Crippen LogP contribution in [0.15, 0.2) is 54.6 Å². The largest absolute Gasteiger partial charge is 0.494 e. The smallest absolute Gasteiger partial charge is 0.326 e. The van der Waals surface area contributed by atoms with Crippen molar-refractivity contribution in [3.63, 3.8) is 0 Å². The van der Waals surface area contributed by atoms with Crippen molar-refractivity contribution < 1.29 is 28.2 Å². The number of hydrogen-bond acceptors (Lipinski definition) is 5. The number of aromatic nitrogens is 1. The first kappa shape index (κ1) is 25.1. The van der Waals surface area contributed by atoms with Gasteiger partial charge >= 0.3 is 5.97 Å². The Balaban J connectivity index is 1.27. The van der Waals surface area contributed by atoms with Crippen LogP contribution in [0, 0.1) is 11.6 Å². The first-order valence-corrected chi connectivity index (χ1v) is 11.8. The van der Waals surface area contributed by atoms with E-state index in [9.17, 15) is 23.5 Å². The Labute approximate surface area is 207 Å². The van der Waals surface area contributed by atoms with Crippen LogP contribution in [-0.4, -0.2) is 41.2 Å². The highest BCUT2D eigenvalue weighted by atomic mass is 19.1. The number of aliphatic carboxylic acids is 1. The molecule has 2 aromatic carbocycles. The van der Waals surface area contributed by atoms with Crippen LogP contribution in [0.2, 0.25) is 0 Å². The maximum absolute atomic E-state index is 13.8. The van der Waals surface area contributed by atoms with Gasteiger partial charge in [0, 0.05) is 18.7 Å². The van der Waals surface area contributed by atoms with Crippen molar-refractivity contribution >= 4 is 17.7 Å². The molecule has 1 aliphatic heterocycles. The fourth-order valence-electron chi connectivity index (χ4n) is 4.05. The number of carboxylic acid groups (broad SMARTS) is 1. The van der Waals surface area contributed by atoms with Gasteiger partial charge in [-0.1, -0.05) is 24.3 Å². The third-order valence-corrected chi connectivity index (χ3v) is 5.95. The van der Waals surface area contributed by atoms with Gasteiger partial charge in [-0.15, -0.1) is 0 Å². The predicted octanol–water partition coefficient (Wildman–Crippen LogP) is 4.16. The summed E-state index contributed by atoms with van der Waals surface area (Å²) in [4.78, 5) is 28.6. The molecule has 0 saturated heterocycles. The molecule has 7 nitrogen and oxygen atoms in total. The number of halogens is 2. The first-order chi connectivity index (χ1) is 17.4. The van der Waals surface area contributed by atoms with E-state index in [-0.39, 0.29) is 6.42 Å². The van der Waals surface area contributed by atoms with Gasteiger partial charge in [0.2, 0.25) is 0 Å². The number of anilines is 1. The van der Waals surface area contributed by atoms with E-state index in [2.05, 4.69) is 27.8 Å². The summed E-state index contributed by atoms with van der Waals surface area (Å²) < 4.78 is 33.5. The topological polar surface area (TPSA) is 101 Å². The van der Waals surface area contributed by atoms with Crippen LogP contribution >= 0.6 is 0 Å². The lowest BCUT2D eigenvalue weighted by Gasteiger charge is -2.17. The van der Waals surface area contributed by atoms with E-state index in [1.807, 2.05) is 0 Å². The van der Waals surface area contributed by atoms with E-state index in [0.29, 0.717) is 17.9 Å². The van der Waals surface area contributed by atoms with Crippen LogP contribution in [-0.2, 0) is 24.1 Å². The Morgan fingerprint density at radius 3 is 2.56 bits per heavy atom. The number of nitrogens with one attached hydrogen (secondary N) is 2. The van der Waals surface area contributed by atoms with Crippen molar-refractivity contribution in [1.29, 1.82) is 0 Å². The fraction of sp³-hybridized carbons (Fsp3) is 0.296. The molecule has 4 rings (SSSR count). The number of ether oxygens (including phenoxy) is 1. The zero-order valence-corrected chi connectivity index (χ0v) is 19.6. The molecule has 1 aliphatic rings. The lowest BCUT2D eigenvalue weighted by atomic mass is 10.0. The second-order valence-corrected chi connectivity index (χ2v) is 8.60. The molecular formula is C27H27F2N3O4. The van der Waals surface area contributed by atoms with Crippen LogP contribution in [0.5, 0.6) is 5.75 Å². The van der Waals surface area contributed by atoms with Gasteiger partial charge in [0.15, 0.2) is 0 Å². The monoisotopic (exact) mass is 495 g/mol. The summed E-state index contributed by atoms with van der Waals surface area (Å²) in [5, 5.41) is 15.0. The Kier molecular flexibility index (Phi) is 8.10. The minimum atomic E-state index is -1.36. The number of benzene rings is 2. The molecule has 36 heavy (non-hydrogen) atoms. The van der Waals surface area contributed by atoms with Crippen molar-refractivity contribution in [2.75, 3.05) is 18.5 Å². The summed E-state index contributed by atoms with van der Waals surface area (Å²) in [6.07, 6.45) is 3.69. The van der Waals surface area contributed by atoms with Gasteiger partial charge in [-0.3, -0.25) is 4.79 Å². The highest BCUT2D eigenvalue weighted by Crippen LogP contribution is 2.20. The van der Waals surface area contributed by atoms with Gasteiger partial charge in [-0.25, -0.2) is 18.6 Å². The van der Waals surface area contributed by atoms with Crippen molar-refractivity contribution in [2.24, 2.45) is 0 Å². The number of hydrogen-bond donors (Lipinski definition) is 3. The molecule has 0 radical (unpaired) electrons. The minimum absolute atomic E-state index is 0.0601. The van der Waals surface area contributed by atoms with E-state index in [1.165, 1.54) is 5.56 Å². The number of pyridine rings is 1. The third-order valence-electron chi connectivity index (χ3n) is 5.95. The molecule has 3 aromatic rings. The Morgan fingerprint density at radius 1 is 1.08 bits per heavy atom. The Morgan fingerprint density at radius 2 is 1.83 bits per heavy atom. The van der Waals surface area contributed by atoms with Gasteiger partial charge in [0.05, 0.1) is 6.61 Å². The molecule has 1 amide bonds. The molecule has 1 aromatic heterocycles. The van der Waals surface area contributed by atoms with Gasteiger partial charge in [-0.2, -0.15) is 0 Å². The maximum Gasteiger partial charge on any atom is 0.326 e. The normalized spacial score (nSPS) is 13.3. The lowest BCUT2D eigenvalue weighted by molar-refractivity contribution is -0.139. The molecule has 0 aliphatic carbocycles. The van der Waals surface area contributed by atoms with Gasteiger partial charge in [0.1, 0.15) is 34.8 Å². The zero-order valence-electron chi connectivity index (χ0n) is 19.6. The van der Waals surface area contributed by atoms with E-state index in [4.69, 9.17) is 4.74 Å². The molecule has 9 heteroatoms. The van der Waals surface area contributed by atoms with Crippen LogP contribution in [0.25, 0.3) is 0 Å². The predicted molar refractivity (Wildman–Crippen MR) is 130 cm³/mol. The second-order valence-electron chi connectivity index (χ2n) is 8.60. The quantitative estimate of drug-likeness (QED) is 0.366. The molecule has 188 valence electrons. The molecule has 3 N–H and O–H groups in total. The van der Waals surface area contributed by atoms with Crippen LogP contribution in [0.4, 0.5) is 14.6 Å². The minimum Gasteiger partial charge on any atom is -0.494 e. The number of fused-ring (bicyclic) bond motifs is 1. The third kappa shape index (κ3) is 6.35. The summed E-state index contributed by atoms with van der Waals surface area (Å²) in [6.45, 7) is 1.44. The fourth-order valence-corrected chi connectivity index (χ4v) is 4.05. The summed E-state index contributed by atoms with van der Waals surface area (Å²) in [5.41, 5.74) is 2.08. The molecule has 1 atom stereocenters. The van der Waals surface area contributed by atoms with E-state index in [0.717, 1.165) is 61.9 Å². The SMILES string of the molecule is O=C(N[C@@H](Cc1ccc(OCCCc2ccc3c(n2)NCCC3)cc1)C(=O)O)c1c(F)cccc1F. The summed E-state index contributed by atoms with van der Waals surface area (Å²) in [7, 11) is 0. The lowest BCUT2D eigenvalue weighted by Crippen LogP contribution is -2.42. The van der Waals surface area contributed by atoms with E-state index < -0.39 is 35.1 Å². The first-order valence-electron chi connectivity index (χ1n) is 11.8. The van der Waals surface area contributed by atoms with Crippen molar-refractivity contribution in [1.82, 2.24) is 10.3 Å². The Bertz CT molecular complexity index is 1210. The average molecular weight is 496 g/mol. The molecule has 0 bridgehead atoms. The molecule has 0 unspecified atom stereocenters. The van der Waals surface area contributed by atoms with Crippen molar-refractivity contribution in [3.8, 4) is 5.75 Å². The summed E-state index contributed by atoms with van der Waals surface area (Å²) in [6, 6.07) is 12.6. The molecule has 0 fully saturated rings. The zero-order chi connectivity index (χ0) is 25.5. The number of amides is 1. The molecular weight excluding hydrogens is 468 g/mol. The highest BCUT2D eigenvalue weighted by molar-refractivity contribution is 5.97. The number of carbonyl (C=O) groups excluding carboxylic acids is 1. The van der Waals surface area contributed by atoms with Crippen LogP contribution in [0.3, 0.4) is 0 Å². The standard InChI is InChI=1S/C27H27F2N3O4/c28-21-6-1-7-22(29)24(21)26(33)32-23(27(34)35)16-17-8-12-20(13-9-17)36-15-3-5-19-11-10-18-4-2-14-30-25(18)31-19/h1,6-13,23H,2-5,14-16H2,(H,30,31)(H,32,33)(H,34,35)/t23-/m0/s1. The summed E-state index contributed by atoms with van der Waals surface area (Å²) in [5.74, 6) is -2.95. The number of carboxylic acids is 1. The van der Waals surface area contributed by atoms with Gasteiger partial charge in [0.25, 0.3) is 5.91 Å². The average Bonchev–Trinajstić information content (AvgIpc) is 2.87. The van der Waals surface area contributed by atoms with Crippen molar-refractivity contribution in [2.45, 2.75) is 38.1 Å². The molecule has 0 spiro atoms. The van der Waals surface area contributed by atoms with Crippen LogP contribution < -0.4 is 15.4 Å². The van der Waals surface area contributed by atoms with Gasteiger partial charge in [-0.05, 0) is 67.1 Å². The number of nitrogens with zero attached hydrogens (tertiary/aromatic N) is 1. The number of rotatable bonds is 10. The van der Waals surface area contributed by atoms with E-state index in [1.54, 1.807) is 24.3 Å². The Hall–Kier alpha value is -4.01. The maximum atomic E-state index is 13.8. The van der Waals surface area contributed by atoms with Crippen LogP contribution in [0.1, 0.15) is 40.0 Å². The summed E-state index contributed by atoms with van der Waals surface area (Å²) >= 11 is 0. The molecule has 0 saturated carbocycles. The van der Waals surface area contributed by atoms with Crippen molar-refractivity contribution in [3.05, 3.63) is 88.6 Å². The molecule has 2 heterocycles. The number of aryl methyl sites for hydroxylation is 2.